The first kappa shape index (κ1) is 13.7. The first-order chi connectivity index (χ1) is 9.50. The van der Waals surface area contributed by atoms with E-state index in [0.29, 0.717) is 0 Å². The van der Waals surface area contributed by atoms with E-state index < -0.39 is 17.7 Å². The molecule has 0 heterocycles. The van der Waals surface area contributed by atoms with Gasteiger partial charge in [0, 0.05) is 11.1 Å². The molecule has 1 unspecified atom stereocenters. The Morgan fingerprint density at radius 1 is 1.20 bits per heavy atom. The number of hydrogen-bond donors (Lipinski definition) is 2. The average Bonchev–Trinajstić information content (AvgIpc) is 2.96. The molecule has 0 radical (unpaired) electrons. The molecule has 1 aromatic rings. The molecule has 1 aromatic carbocycles. The number of rotatable bonds is 2. The van der Waals surface area contributed by atoms with E-state index in [1.807, 2.05) is 6.08 Å². The Kier molecular flexibility index (Phi) is 3.38. The summed E-state index contributed by atoms with van der Waals surface area (Å²) in [6.45, 7) is 1.41. The molecule has 1 fully saturated rings. The molecule has 2 N–H and O–H groups in total. The third-order valence-corrected chi connectivity index (χ3v) is 4.67. The van der Waals surface area contributed by atoms with Crippen molar-refractivity contribution < 1.29 is 19.0 Å². The summed E-state index contributed by atoms with van der Waals surface area (Å²) in [5, 5.41) is 19.3. The van der Waals surface area contributed by atoms with Gasteiger partial charge in [0.25, 0.3) is 0 Å². The van der Waals surface area contributed by atoms with Crippen LogP contribution in [0.15, 0.2) is 18.2 Å². The van der Waals surface area contributed by atoms with Crippen LogP contribution in [0.5, 0.6) is 0 Å². The molecule has 108 valence electrons. The highest BCUT2D eigenvalue weighted by molar-refractivity contribution is 5.71. The standard InChI is InChI=1S/C16H18F2O2/c1-8(19)9-2-5-13(16(18)15(9)17)11-3-4-12-10(11)6-7-14(12)20/h2-3,5,8,10,12,14,19-20H,4,6-7H2,1H3/t8?,10-,12+,14-/m0/s1. The topological polar surface area (TPSA) is 40.5 Å². The summed E-state index contributed by atoms with van der Waals surface area (Å²) in [6, 6.07) is 2.98. The number of benzene rings is 1. The lowest BCUT2D eigenvalue weighted by molar-refractivity contribution is 0.130. The van der Waals surface area contributed by atoms with Gasteiger partial charge in [-0.2, -0.15) is 0 Å². The third kappa shape index (κ3) is 1.98. The van der Waals surface area contributed by atoms with Gasteiger partial charge in [-0.25, -0.2) is 8.78 Å². The summed E-state index contributed by atoms with van der Waals surface area (Å²) in [6.07, 6.45) is 2.81. The molecular formula is C16H18F2O2. The monoisotopic (exact) mass is 280 g/mol. The Bertz CT molecular complexity index is 566. The highest BCUT2D eigenvalue weighted by Gasteiger charge is 2.41. The van der Waals surface area contributed by atoms with E-state index in [2.05, 4.69) is 0 Å². The molecule has 0 aliphatic heterocycles. The molecule has 4 heteroatoms. The Morgan fingerprint density at radius 2 is 1.95 bits per heavy atom. The van der Waals surface area contributed by atoms with Crippen molar-refractivity contribution in [1.82, 2.24) is 0 Å². The molecule has 0 aromatic heterocycles. The van der Waals surface area contributed by atoms with Gasteiger partial charge in [0.1, 0.15) is 0 Å². The summed E-state index contributed by atoms with van der Waals surface area (Å²) < 4.78 is 28.2. The number of hydrogen-bond acceptors (Lipinski definition) is 2. The summed E-state index contributed by atoms with van der Waals surface area (Å²) in [5.41, 5.74) is 1.06. The second kappa shape index (κ2) is 4.93. The van der Waals surface area contributed by atoms with Gasteiger partial charge in [-0.15, -0.1) is 0 Å². The molecule has 4 atom stereocenters. The largest absolute Gasteiger partial charge is 0.393 e. The van der Waals surface area contributed by atoms with Crippen LogP contribution in [0.2, 0.25) is 0 Å². The normalized spacial score (nSPS) is 30.2. The van der Waals surface area contributed by atoms with Crippen LogP contribution in [-0.4, -0.2) is 16.3 Å². The van der Waals surface area contributed by atoms with Crippen molar-refractivity contribution in [2.75, 3.05) is 0 Å². The van der Waals surface area contributed by atoms with E-state index in [1.54, 1.807) is 6.07 Å². The van der Waals surface area contributed by atoms with E-state index in [9.17, 15) is 19.0 Å². The van der Waals surface area contributed by atoms with Crippen molar-refractivity contribution in [3.05, 3.63) is 41.0 Å². The van der Waals surface area contributed by atoms with Crippen molar-refractivity contribution >= 4 is 5.57 Å². The molecule has 0 bridgehead atoms. The van der Waals surface area contributed by atoms with Gasteiger partial charge in [-0.1, -0.05) is 18.2 Å². The Hall–Kier alpha value is -1.26. The minimum Gasteiger partial charge on any atom is -0.393 e. The number of fused-ring (bicyclic) bond motifs is 1. The van der Waals surface area contributed by atoms with E-state index in [1.165, 1.54) is 13.0 Å². The quantitative estimate of drug-likeness (QED) is 0.873. The summed E-state index contributed by atoms with van der Waals surface area (Å²) in [5.74, 6) is -1.60. The molecule has 2 nitrogen and oxygen atoms in total. The summed E-state index contributed by atoms with van der Waals surface area (Å²) >= 11 is 0. The molecule has 2 aliphatic rings. The van der Waals surface area contributed by atoms with Gasteiger partial charge in [-0.05, 0) is 43.6 Å². The third-order valence-electron chi connectivity index (χ3n) is 4.67. The first-order valence-corrected chi connectivity index (χ1v) is 7.05. The fourth-order valence-electron chi connectivity index (χ4n) is 3.59. The molecular weight excluding hydrogens is 262 g/mol. The van der Waals surface area contributed by atoms with Crippen molar-refractivity contribution in [1.29, 1.82) is 0 Å². The zero-order chi connectivity index (χ0) is 14.4. The Morgan fingerprint density at radius 3 is 2.65 bits per heavy atom. The van der Waals surface area contributed by atoms with Gasteiger partial charge < -0.3 is 10.2 Å². The maximum Gasteiger partial charge on any atom is 0.166 e. The highest BCUT2D eigenvalue weighted by atomic mass is 19.2. The molecule has 3 rings (SSSR count). The van der Waals surface area contributed by atoms with Crippen LogP contribution in [0.1, 0.15) is 43.4 Å². The van der Waals surface area contributed by atoms with Crippen LogP contribution in [0, 0.1) is 23.5 Å². The van der Waals surface area contributed by atoms with E-state index >= 15 is 0 Å². The number of allylic oxidation sites excluding steroid dienone is 2. The Balaban J connectivity index is 1.98. The first-order valence-electron chi connectivity index (χ1n) is 7.05. The van der Waals surface area contributed by atoms with E-state index in [4.69, 9.17) is 0 Å². The van der Waals surface area contributed by atoms with Crippen LogP contribution in [-0.2, 0) is 0 Å². The zero-order valence-electron chi connectivity index (χ0n) is 11.3. The second-order valence-corrected chi connectivity index (χ2v) is 5.82. The Labute approximate surface area is 116 Å². The van der Waals surface area contributed by atoms with Gasteiger partial charge >= 0.3 is 0 Å². The lowest BCUT2D eigenvalue weighted by Gasteiger charge is -2.18. The van der Waals surface area contributed by atoms with Gasteiger partial charge in [0.2, 0.25) is 0 Å². The van der Waals surface area contributed by atoms with Crippen LogP contribution in [0.3, 0.4) is 0 Å². The van der Waals surface area contributed by atoms with Gasteiger partial charge in [0.15, 0.2) is 11.6 Å². The fraction of sp³-hybridized carbons (Fsp3) is 0.500. The molecule has 20 heavy (non-hydrogen) atoms. The minimum atomic E-state index is -1.03. The lowest BCUT2D eigenvalue weighted by Crippen LogP contribution is -2.15. The predicted molar refractivity (Wildman–Crippen MR) is 71.8 cm³/mol. The zero-order valence-corrected chi connectivity index (χ0v) is 11.3. The summed E-state index contributed by atoms with van der Waals surface area (Å²) in [7, 11) is 0. The summed E-state index contributed by atoms with van der Waals surface area (Å²) in [4.78, 5) is 0. The molecule has 0 spiro atoms. The smallest absolute Gasteiger partial charge is 0.166 e. The van der Waals surface area contributed by atoms with Crippen LogP contribution < -0.4 is 0 Å². The highest BCUT2D eigenvalue weighted by Crippen LogP contribution is 2.48. The predicted octanol–water partition coefficient (Wildman–Crippen LogP) is 3.19. The fourth-order valence-corrected chi connectivity index (χ4v) is 3.59. The van der Waals surface area contributed by atoms with Crippen molar-refractivity contribution in [3.63, 3.8) is 0 Å². The van der Waals surface area contributed by atoms with Crippen molar-refractivity contribution in [3.8, 4) is 0 Å². The number of aliphatic hydroxyl groups is 2. The molecule has 0 amide bonds. The van der Waals surface area contributed by atoms with Crippen LogP contribution in [0.25, 0.3) is 5.57 Å². The SMILES string of the molecule is CC(O)c1ccc(C2=CC[C@H]3[C@@H](O)CC[C@@H]23)c(F)c1F. The molecule has 0 saturated heterocycles. The number of aliphatic hydroxyl groups excluding tert-OH is 2. The van der Waals surface area contributed by atoms with Crippen molar-refractivity contribution in [2.45, 2.75) is 38.4 Å². The molecule has 2 aliphatic carbocycles. The maximum atomic E-state index is 14.2. The van der Waals surface area contributed by atoms with Crippen LogP contribution in [0.4, 0.5) is 8.78 Å². The lowest BCUT2D eigenvalue weighted by atomic mass is 9.89. The maximum absolute atomic E-state index is 14.2. The van der Waals surface area contributed by atoms with Crippen LogP contribution >= 0.6 is 0 Å². The average molecular weight is 280 g/mol. The number of halogens is 2. The van der Waals surface area contributed by atoms with Gasteiger partial charge in [-0.3, -0.25) is 0 Å². The van der Waals surface area contributed by atoms with Gasteiger partial charge in [0.05, 0.1) is 12.2 Å². The van der Waals surface area contributed by atoms with E-state index in [-0.39, 0.29) is 29.1 Å². The second-order valence-electron chi connectivity index (χ2n) is 5.82. The van der Waals surface area contributed by atoms with Crippen molar-refractivity contribution in [2.24, 2.45) is 11.8 Å². The minimum absolute atomic E-state index is 0.0205. The molecule has 1 saturated carbocycles. The van der Waals surface area contributed by atoms with E-state index in [0.717, 1.165) is 24.8 Å².